The van der Waals surface area contributed by atoms with Crippen molar-refractivity contribution in [1.29, 1.82) is 0 Å². The van der Waals surface area contributed by atoms with Crippen LogP contribution in [0.1, 0.15) is 6.92 Å². The maximum absolute atomic E-state index is 14.1. The fourth-order valence-electron chi connectivity index (χ4n) is 2.35. The highest BCUT2D eigenvalue weighted by Crippen LogP contribution is 2.27. The summed E-state index contributed by atoms with van der Waals surface area (Å²) in [4.78, 5) is 11.5. The maximum Gasteiger partial charge on any atom is 0.405 e. The van der Waals surface area contributed by atoms with Crippen molar-refractivity contribution in [2.75, 3.05) is 10.8 Å². The topological polar surface area (TPSA) is 66.5 Å². The Kier molecular flexibility index (Phi) is 6.09. The molecule has 1 N–H and O–H groups in total. The van der Waals surface area contributed by atoms with Crippen molar-refractivity contribution in [2.24, 2.45) is 0 Å². The zero-order chi connectivity index (χ0) is 20.2. The lowest BCUT2D eigenvalue weighted by molar-refractivity contribution is -0.138. The third-order valence-electron chi connectivity index (χ3n) is 3.58. The monoisotopic (exact) mass is 404 g/mol. The molecule has 0 aliphatic carbocycles. The quantitative estimate of drug-likeness (QED) is 0.753. The standard InChI is InChI=1S/C17H16F4N2O3S/c1-12(16(24)22-11-17(19,20)21)23(13-7-3-2-4-8-13)27(25,26)15-10-6-5-9-14(15)18/h2-10,12H,11H2,1H3,(H,22,24)/t12-/m1/s1. The summed E-state index contributed by atoms with van der Waals surface area (Å²) >= 11 is 0. The second-order valence-corrected chi connectivity index (χ2v) is 7.36. The molecule has 0 fully saturated rings. The van der Waals surface area contributed by atoms with Crippen LogP contribution in [0.15, 0.2) is 59.5 Å². The minimum absolute atomic E-state index is 0.00964. The smallest absolute Gasteiger partial charge is 0.345 e. The molecule has 0 heterocycles. The summed E-state index contributed by atoms with van der Waals surface area (Å²) in [7, 11) is -4.57. The first-order valence-corrected chi connectivity index (χ1v) is 9.16. The summed E-state index contributed by atoms with van der Waals surface area (Å²) < 4.78 is 77.7. The lowest BCUT2D eigenvalue weighted by Gasteiger charge is -2.30. The molecule has 10 heteroatoms. The number of hydrogen-bond donors (Lipinski definition) is 1. The lowest BCUT2D eigenvalue weighted by atomic mass is 10.2. The molecule has 1 amide bonds. The summed E-state index contributed by atoms with van der Waals surface area (Å²) in [6.07, 6.45) is -4.66. The van der Waals surface area contributed by atoms with Gasteiger partial charge in [0, 0.05) is 0 Å². The Bertz CT molecular complexity index is 902. The molecule has 1 atom stereocenters. The number of carbonyl (C=O) groups excluding carboxylic acids is 1. The fourth-order valence-corrected chi connectivity index (χ4v) is 4.04. The first-order chi connectivity index (χ1) is 12.5. The molecule has 0 aliphatic heterocycles. The van der Waals surface area contributed by atoms with Crippen LogP contribution in [0.5, 0.6) is 0 Å². The van der Waals surface area contributed by atoms with Crippen molar-refractivity contribution in [3.63, 3.8) is 0 Å². The normalized spacial score (nSPS) is 13.1. The van der Waals surface area contributed by atoms with E-state index in [-0.39, 0.29) is 5.69 Å². The highest BCUT2D eigenvalue weighted by atomic mass is 32.2. The molecule has 0 radical (unpaired) electrons. The predicted molar refractivity (Wildman–Crippen MR) is 91.0 cm³/mol. The maximum atomic E-state index is 14.1. The molecule has 5 nitrogen and oxygen atoms in total. The number of nitrogens with one attached hydrogen (secondary N) is 1. The van der Waals surface area contributed by atoms with E-state index in [1.807, 2.05) is 0 Å². The summed E-state index contributed by atoms with van der Waals surface area (Å²) in [5.74, 6) is -2.21. The SMILES string of the molecule is C[C@H](C(=O)NCC(F)(F)F)N(c1ccccc1)S(=O)(=O)c1ccccc1F. The number of amides is 1. The fraction of sp³-hybridized carbons (Fsp3) is 0.235. The van der Waals surface area contributed by atoms with Crippen molar-refractivity contribution in [1.82, 2.24) is 5.32 Å². The molecule has 146 valence electrons. The number of benzene rings is 2. The molecule has 0 aromatic heterocycles. The summed E-state index contributed by atoms with van der Waals surface area (Å²) in [5.41, 5.74) is 0.00964. The van der Waals surface area contributed by atoms with Crippen LogP contribution < -0.4 is 9.62 Å². The third kappa shape index (κ3) is 4.97. The van der Waals surface area contributed by atoms with Crippen LogP contribution in [0, 0.1) is 5.82 Å². The highest BCUT2D eigenvalue weighted by molar-refractivity contribution is 7.93. The first-order valence-electron chi connectivity index (χ1n) is 7.72. The average Bonchev–Trinajstić information content (AvgIpc) is 2.60. The van der Waals surface area contributed by atoms with E-state index < -0.39 is 45.4 Å². The van der Waals surface area contributed by atoms with E-state index in [2.05, 4.69) is 0 Å². The molecule has 0 unspecified atom stereocenters. The Balaban J connectivity index is 2.47. The Morgan fingerprint density at radius 2 is 1.63 bits per heavy atom. The number of nitrogens with zero attached hydrogens (tertiary/aromatic N) is 1. The van der Waals surface area contributed by atoms with Gasteiger partial charge >= 0.3 is 6.18 Å². The minimum atomic E-state index is -4.66. The van der Waals surface area contributed by atoms with Gasteiger partial charge in [0.2, 0.25) is 5.91 Å². The number of halogens is 4. The van der Waals surface area contributed by atoms with E-state index in [9.17, 15) is 30.8 Å². The molecule has 2 rings (SSSR count). The highest BCUT2D eigenvalue weighted by Gasteiger charge is 2.36. The van der Waals surface area contributed by atoms with Crippen molar-refractivity contribution < 1.29 is 30.8 Å². The van der Waals surface area contributed by atoms with E-state index >= 15 is 0 Å². The predicted octanol–water partition coefficient (Wildman–Crippen LogP) is 3.09. The van der Waals surface area contributed by atoms with Crippen LogP contribution in [0.2, 0.25) is 0 Å². The van der Waals surface area contributed by atoms with E-state index in [1.54, 1.807) is 11.4 Å². The molecular formula is C17H16F4N2O3S. The number of anilines is 1. The first kappa shape index (κ1) is 20.7. The van der Waals surface area contributed by atoms with Gasteiger partial charge in [-0.3, -0.25) is 9.10 Å². The van der Waals surface area contributed by atoms with Gasteiger partial charge in [0.15, 0.2) is 0 Å². The van der Waals surface area contributed by atoms with Crippen LogP contribution in [0.4, 0.5) is 23.2 Å². The van der Waals surface area contributed by atoms with Crippen LogP contribution in [0.3, 0.4) is 0 Å². The van der Waals surface area contributed by atoms with Gasteiger partial charge in [-0.25, -0.2) is 12.8 Å². The van der Waals surface area contributed by atoms with Crippen molar-refractivity contribution in [3.8, 4) is 0 Å². The minimum Gasteiger partial charge on any atom is -0.345 e. The van der Waals surface area contributed by atoms with Gasteiger partial charge in [-0.1, -0.05) is 30.3 Å². The average molecular weight is 404 g/mol. The van der Waals surface area contributed by atoms with Crippen LogP contribution in [0.25, 0.3) is 0 Å². The molecule has 0 saturated carbocycles. The van der Waals surface area contributed by atoms with Gasteiger partial charge in [-0.15, -0.1) is 0 Å². The number of rotatable bonds is 6. The van der Waals surface area contributed by atoms with Crippen molar-refractivity contribution in [2.45, 2.75) is 24.0 Å². The second kappa shape index (κ2) is 7.95. The second-order valence-electron chi connectivity index (χ2n) is 5.58. The van der Waals surface area contributed by atoms with Gasteiger partial charge in [0.05, 0.1) is 5.69 Å². The Hall–Kier alpha value is -2.62. The summed E-state index contributed by atoms with van der Waals surface area (Å²) in [5, 5.41) is 1.65. The molecule has 2 aromatic rings. The molecule has 0 saturated heterocycles. The van der Waals surface area contributed by atoms with Crippen molar-refractivity contribution in [3.05, 3.63) is 60.4 Å². The van der Waals surface area contributed by atoms with E-state index in [1.165, 1.54) is 36.4 Å². The van der Waals surface area contributed by atoms with Crippen LogP contribution >= 0.6 is 0 Å². The number of carbonyl (C=O) groups is 1. The van der Waals surface area contributed by atoms with Crippen molar-refractivity contribution >= 4 is 21.6 Å². The summed E-state index contributed by atoms with van der Waals surface area (Å²) in [6, 6.07) is 10.3. The number of sulfonamides is 1. The molecule has 0 aliphatic rings. The van der Waals surface area contributed by atoms with Gasteiger partial charge in [0.1, 0.15) is 23.3 Å². The Morgan fingerprint density at radius 3 is 2.19 bits per heavy atom. The van der Waals surface area contributed by atoms with Gasteiger partial charge < -0.3 is 5.32 Å². The third-order valence-corrected chi connectivity index (χ3v) is 5.51. The molecule has 27 heavy (non-hydrogen) atoms. The van der Waals surface area contributed by atoms with E-state index in [4.69, 9.17) is 0 Å². The van der Waals surface area contributed by atoms with E-state index in [0.717, 1.165) is 19.1 Å². The van der Waals surface area contributed by atoms with Gasteiger partial charge in [0.25, 0.3) is 10.0 Å². The molecule has 0 bridgehead atoms. The number of hydrogen-bond acceptors (Lipinski definition) is 3. The molecule has 0 spiro atoms. The lowest BCUT2D eigenvalue weighted by Crippen LogP contribution is -2.50. The molecule has 2 aromatic carbocycles. The van der Waals surface area contributed by atoms with Crippen LogP contribution in [-0.2, 0) is 14.8 Å². The summed E-state index contributed by atoms with van der Waals surface area (Å²) in [6.45, 7) is -0.490. The van der Waals surface area contributed by atoms with Crippen LogP contribution in [-0.4, -0.2) is 33.1 Å². The van der Waals surface area contributed by atoms with Gasteiger partial charge in [-0.05, 0) is 31.2 Å². The zero-order valence-electron chi connectivity index (χ0n) is 14.1. The largest absolute Gasteiger partial charge is 0.405 e. The number of para-hydroxylation sites is 1. The van der Waals surface area contributed by atoms with E-state index in [0.29, 0.717) is 4.31 Å². The van der Waals surface area contributed by atoms with Gasteiger partial charge in [-0.2, -0.15) is 13.2 Å². The number of alkyl halides is 3. The zero-order valence-corrected chi connectivity index (χ0v) is 14.9. The Labute approximate surface area is 153 Å². The molecular weight excluding hydrogens is 388 g/mol. The Morgan fingerprint density at radius 1 is 1.07 bits per heavy atom.